The molecule has 10 nitrogen and oxygen atoms in total. The summed E-state index contributed by atoms with van der Waals surface area (Å²) >= 11 is 0. The lowest BCUT2D eigenvalue weighted by atomic mass is 9.85. The number of rotatable bonds is 10. The molecule has 5 N–H and O–H groups in total. The van der Waals surface area contributed by atoms with Crippen LogP contribution < -0.4 is 21.7 Å². The van der Waals surface area contributed by atoms with E-state index in [0.29, 0.717) is 37.5 Å². The van der Waals surface area contributed by atoms with E-state index in [1.807, 2.05) is 18.2 Å². The number of hydrogen-bond acceptors (Lipinski definition) is 9. The molecular formula is C30H40N8O2. The van der Waals surface area contributed by atoms with Crippen LogP contribution in [0.25, 0.3) is 11.1 Å². The van der Waals surface area contributed by atoms with Crippen LogP contribution in [0.3, 0.4) is 0 Å². The van der Waals surface area contributed by atoms with Gasteiger partial charge in [-0.2, -0.15) is 4.98 Å². The maximum Gasteiger partial charge on any atom is 0.329 e. The summed E-state index contributed by atoms with van der Waals surface area (Å²) in [5.41, 5.74) is 11.4. The van der Waals surface area contributed by atoms with Gasteiger partial charge in [0.25, 0.3) is 0 Å². The van der Waals surface area contributed by atoms with Crippen molar-refractivity contribution in [2.24, 2.45) is 11.7 Å². The molecule has 212 valence electrons. The average molecular weight is 545 g/mol. The molecule has 1 saturated heterocycles. The molecule has 2 aromatic carbocycles. The summed E-state index contributed by atoms with van der Waals surface area (Å²) in [6.45, 7) is 8.18. The first-order valence-corrected chi connectivity index (χ1v) is 14.3. The Kier molecular flexibility index (Phi) is 9.20. The van der Waals surface area contributed by atoms with Crippen molar-refractivity contribution < 1.29 is 4.92 Å². The van der Waals surface area contributed by atoms with Crippen LogP contribution in [0.4, 0.5) is 17.5 Å². The number of nitro groups is 1. The van der Waals surface area contributed by atoms with Gasteiger partial charge in [-0.25, -0.2) is 4.98 Å². The normalized spacial score (nSPS) is 19.8. The standard InChI is InChI=1S/C30H40N8O2/c1-21-25(6-3-7-27(21)24-5-2-4-23(16-24)17-31)19-34-30-35-20-28(38(39)40)29(36-30)33-18-22-8-10-26(11-9-22)37-14-12-32-13-15-37/h2-7,16,20,22,26,32H,8-15,17-19,31H2,1H3,(H2,33,34,35,36). The first-order chi connectivity index (χ1) is 19.5. The molecule has 10 heteroatoms. The van der Waals surface area contributed by atoms with Crippen molar-refractivity contribution in [2.45, 2.75) is 51.7 Å². The SMILES string of the molecule is Cc1c(CNc2ncc([N+](=O)[O-])c(NCC3CCC(N4CCNCC4)CC3)n2)cccc1-c1cccc(CN)c1. The lowest BCUT2D eigenvalue weighted by molar-refractivity contribution is -0.384. The first-order valence-electron chi connectivity index (χ1n) is 14.3. The van der Waals surface area contributed by atoms with Crippen LogP contribution >= 0.6 is 0 Å². The number of nitrogens with two attached hydrogens (primary N) is 1. The average Bonchev–Trinajstić information content (AvgIpc) is 3.00. The molecule has 1 aromatic heterocycles. The third-order valence-corrected chi connectivity index (χ3v) is 8.37. The van der Waals surface area contributed by atoms with E-state index in [-0.39, 0.29) is 11.5 Å². The van der Waals surface area contributed by atoms with E-state index in [1.165, 1.54) is 19.0 Å². The summed E-state index contributed by atoms with van der Waals surface area (Å²) in [4.78, 5) is 22.6. The molecule has 1 aliphatic carbocycles. The fourth-order valence-electron chi connectivity index (χ4n) is 5.95. The summed E-state index contributed by atoms with van der Waals surface area (Å²) < 4.78 is 0. The quantitative estimate of drug-likeness (QED) is 0.218. The van der Waals surface area contributed by atoms with Gasteiger partial charge in [0.2, 0.25) is 11.8 Å². The molecule has 0 bridgehead atoms. The molecule has 0 radical (unpaired) electrons. The number of nitrogens with one attached hydrogen (secondary N) is 3. The minimum Gasteiger partial charge on any atom is -0.364 e. The van der Waals surface area contributed by atoms with Crippen LogP contribution in [0, 0.1) is 23.0 Å². The van der Waals surface area contributed by atoms with Gasteiger partial charge in [-0.15, -0.1) is 0 Å². The van der Waals surface area contributed by atoms with E-state index in [9.17, 15) is 10.1 Å². The fraction of sp³-hybridized carbons (Fsp3) is 0.467. The van der Waals surface area contributed by atoms with Gasteiger partial charge in [-0.1, -0.05) is 36.4 Å². The van der Waals surface area contributed by atoms with Gasteiger partial charge in [0.1, 0.15) is 6.20 Å². The van der Waals surface area contributed by atoms with Crippen molar-refractivity contribution >= 4 is 17.5 Å². The van der Waals surface area contributed by atoms with E-state index < -0.39 is 4.92 Å². The zero-order valence-electron chi connectivity index (χ0n) is 23.2. The second-order valence-corrected chi connectivity index (χ2v) is 10.9. The van der Waals surface area contributed by atoms with E-state index in [4.69, 9.17) is 5.73 Å². The Labute approximate surface area is 235 Å². The molecule has 2 fully saturated rings. The first kappa shape index (κ1) is 27.9. The van der Waals surface area contributed by atoms with Crippen LogP contribution in [-0.2, 0) is 13.1 Å². The van der Waals surface area contributed by atoms with Crippen LogP contribution in [0.1, 0.15) is 42.4 Å². The molecule has 3 aromatic rings. The van der Waals surface area contributed by atoms with Gasteiger partial charge in [0, 0.05) is 51.9 Å². The van der Waals surface area contributed by atoms with Gasteiger partial charge < -0.3 is 21.7 Å². The van der Waals surface area contributed by atoms with E-state index in [1.54, 1.807) is 0 Å². The smallest absolute Gasteiger partial charge is 0.329 e. The summed E-state index contributed by atoms with van der Waals surface area (Å²) in [7, 11) is 0. The molecule has 1 saturated carbocycles. The summed E-state index contributed by atoms with van der Waals surface area (Å²) in [5, 5.41) is 21.7. The van der Waals surface area contributed by atoms with Crippen molar-refractivity contribution in [2.75, 3.05) is 43.4 Å². The predicted molar refractivity (Wildman–Crippen MR) is 159 cm³/mol. The molecule has 1 aliphatic heterocycles. The molecule has 2 aliphatic rings. The van der Waals surface area contributed by atoms with Crippen LogP contribution in [0.15, 0.2) is 48.7 Å². The number of hydrogen-bond donors (Lipinski definition) is 4. The Morgan fingerprint density at radius 2 is 1.88 bits per heavy atom. The van der Waals surface area contributed by atoms with Crippen molar-refractivity contribution in [1.29, 1.82) is 0 Å². The topological polar surface area (TPSA) is 134 Å². The second-order valence-electron chi connectivity index (χ2n) is 10.9. The van der Waals surface area contributed by atoms with Crippen LogP contribution in [0.2, 0.25) is 0 Å². The van der Waals surface area contributed by atoms with Gasteiger partial charge >= 0.3 is 5.69 Å². The Bertz CT molecular complexity index is 1300. The highest BCUT2D eigenvalue weighted by Crippen LogP contribution is 2.30. The molecule has 0 spiro atoms. The van der Waals surface area contributed by atoms with Crippen molar-refractivity contribution in [3.63, 3.8) is 0 Å². The molecule has 0 unspecified atom stereocenters. The molecule has 2 heterocycles. The number of anilines is 2. The molecule has 0 amide bonds. The third kappa shape index (κ3) is 6.75. The molecule has 5 rings (SSSR count). The summed E-state index contributed by atoms with van der Waals surface area (Å²) in [5.74, 6) is 1.12. The minimum absolute atomic E-state index is 0.0991. The lowest BCUT2D eigenvalue weighted by Crippen LogP contribution is -2.49. The second kappa shape index (κ2) is 13.2. The highest BCUT2D eigenvalue weighted by atomic mass is 16.6. The minimum atomic E-state index is -0.420. The van der Waals surface area contributed by atoms with Crippen molar-refractivity contribution in [1.82, 2.24) is 20.2 Å². The van der Waals surface area contributed by atoms with E-state index in [2.05, 4.69) is 62.0 Å². The molecular weight excluding hydrogens is 504 g/mol. The number of aromatic nitrogens is 2. The summed E-state index contributed by atoms with van der Waals surface area (Å²) in [6.07, 6.45) is 5.89. The Morgan fingerprint density at radius 1 is 1.10 bits per heavy atom. The van der Waals surface area contributed by atoms with Gasteiger partial charge in [-0.05, 0) is 72.4 Å². The van der Waals surface area contributed by atoms with Gasteiger partial charge in [-0.3, -0.25) is 15.0 Å². The molecule has 0 atom stereocenters. The maximum absolute atomic E-state index is 11.7. The monoisotopic (exact) mass is 544 g/mol. The molecule has 40 heavy (non-hydrogen) atoms. The highest BCUT2D eigenvalue weighted by Gasteiger charge is 2.27. The van der Waals surface area contributed by atoms with Crippen molar-refractivity contribution in [3.8, 4) is 11.1 Å². The Morgan fingerprint density at radius 3 is 2.62 bits per heavy atom. The zero-order valence-corrected chi connectivity index (χ0v) is 23.2. The predicted octanol–water partition coefficient (Wildman–Crippen LogP) is 4.31. The maximum atomic E-state index is 11.7. The number of nitrogens with zero attached hydrogens (tertiary/aromatic N) is 4. The van der Waals surface area contributed by atoms with Crippen LogP contribution in [0.5, 0.6) is 0 Å². The third-order valence-electron chi connectivity index (χ3n) is 8.37. The number of benzene rings is 2. The largest absolute Gasteiger partial charge is 0.364 e. The Hall–Kier alpha value is -3.60. The van der Waals surface area contributed by atoms with Crippen molar-refractivity contribution in [3.05, 3.63) is 75.5 Å². The van der Waals surface area contributed by atoms with Gasteiger partial charge in [0.05, 0.1) is 4.92 Å². The number of piperazine rings is 1. The zero-order chi connectivity index (χ0) is 27.9. The van der Waals surface area contributed by atoms with Crippen LogP contribution in [-0.4, -0.2) is 58.6 Å². The summed E-state index contributed by atoms with van der Waals surface area (Å²) in [6, 6.07) is 15.1. The van der Waals surface area contributed by atoms with E-state index >= 15 is 0 Å². The Balaban J connectivity index is 1.21. The fourth-order valence-corrected chi connectivity index (χ4v) is 5.95. The highest BCUT2D eigenvalue weighted by molar-refractivity contribution is 5.69. The lowest BCUT2D eigenvalue weighted by Gasteiger charge is -2.39. The van der Waals surface area contributed by atoms with E-state index in [0.717, 1.165) is 66.8 Å². The van der Waals surface area contributed by atoms with Gasteiger partial charge in [0.15, 0.2) is 0 Å².